The molecule has 132 valence electrons. The molecule has 26 heavy (non-hydrogen) atoms. The Labute approximate surface area is 159 Å². The molecule has 0 bridgehead atoms. The van der Waals surface area contributed by atoms with E-state index in [1.165, 1.54) is 13.2 Å². The molecule has 1 amide bonds. The van der Waals surface area contributed by atoms with Gasteiger partial charge in [-0.15, -0.1) is 11.3 Å². The van der Waals surface area contributed by atoms with E-state index < -0.39 is 5.91 Å². The lowest BCUT2D eigenvalue weighted by atomic mass is 9.92. The van der Waals surface area contributed by atoms with E-state index in [0.29, 0.717) is 44.3 Å². The summed E-state index contributed by atoms with van der Waals surface area (Å²) in [6, 6.07) is 3.12. The first kappa shape index (κ1) is 18.3. The van der Waals surface area contributed by atoms with Gasteiger partial charge in [0.25, 0.3) is 5.91 Å². The minimum Gasteiger partial charge on any atom is -0.505 e. The molecule has 0 saturated carbocycles. The lowest BCUT2D eigenvalue weighted by Gasteiger charge is -2.11. The maximum atomic E-state index is 12.2. The van der Waals surface area contributed by atoms with Crippen LogP contribution in [-0.2, 0) is 0 Å². The van der Waals surface area contributed by atoms with Gasteiger partial charge in [-0.05, 0) is 19.1 Å². The number of aromatic nitrogens is 2. The molecule has 10 heteroatoms. The number of ether oxygens (including phenoxy) is 1. The lowest BCUT2D eigenvalue weighted by molar-refractivity contribution is 0.0957. The molecule has 1 aromatic carbocycles. The number of hydrogen-bond acceptors (Lipinski definition) is 7. The zero-order valence-corrected chi connectivity index (χ0v) is 15.5. The Balaban J connectivity index is 2.32. The monoisotopic (exact) mass is 388 g/mol. The van der Waals surface area contributed by atoms with Crippen LogP contribution in [-0.4, -0.2) is 42.5 Å². The minimum absolute atomic E-state index is 0.0111. The molecule has 3 aromatic rings. The van der Waals surface area contributed by atoms with Gasteiger partial charge in [-0.2, -0.15) is 0 Å². The Kier molecular flexibility index (Phi) is 4.93. The summed E-state index contributed by atoms with van der Waals surface area (Å²) in [5.74, 6) is -0.243. The first-order chi connectivity index (χ1) is 12.4. The summed E-state index contributed by atoms with van der Waals surface area (Å²) in [7, 11) is 7.34. The van der Waals surface area contributed by atoms with Crippen LogP contribution >= 0.6 is 22.9 Å². The van der Waals surface area contributed by atoms with E-state index in [9.17, 15) is 9.90 Å². The predicted octanol–water partition coefficient (Wildman–Crippen LogP) is 1.85. The fourth-order valence-corrected chi connectivity index (χ4v) is 3.77. The van der Waals surface area contributed by atoms with Crippen molar-refractivity contribution < 1.29 is 14.6 Å². The second-order valence-electron chi connectivity index (χ2n) is 5.32. The first-order valence-corrected chi connectivity index (χ1v) is 8.77. The van der Waals surface area contributed by atoms with E-state index in [1.54, 1.807) is 13.0 Å². The van der Waals surface area contributed by atoms with E-state index in [4.69, 9.17) is 29.9 Å². The van der Waals surface area contributed by atoms with Gasteiger partial charge in [-0.1, -0.05) is 17.1 Å². The molecule has 7 nitrogen and oxygen atoms in total. The van der Waals surface area contributed by atoms with E-state index in [0.717, 1.165) is 11.3 Å². The third-order valence-corrected chi connectivity index (χ3v) is 5.05. The molecular formula is C16H14BClN4O3S. The quantitative estimate of drug-likeness (QED) is 0.588. The van der Waals surface area contributed by atoms with Crippen LogP contribution in [0, 0.1) is 0 Å². The number of thiophene rings is 1. The molecule has 0 saturated heterocycles. The molecule has 2 heterocycles. The number of amides is 1. The standard InChI is InChI=1S/C16H14BClN4O3S/c1-3-20-14(24)13-12(23)10-11(21-16(19)22-15(10)26-13)6-4-9(25-2)7(17)5-8(6)18/h4-5,23H,3H2,1-2H3,(H,20,24)(H2,19,21,22). The molecule has 0 atom stereocenters. The largest absolute Gasteiger partial charge is 0.505 e. The highest BCUT2D eigenvalue weighted by Crippen LogP contribution is 2.43. The van der Waals surface area contributed by atoms with Crippen molar-refractivity contribution in [2.75, 3.05) is 19.4 Å². The van der Waals surface area contributed by atoms with Gasteiger partial charge >= 0.3 is 0 Å². The first-order valence-electron chi connectivity index (χ1n) is 7.57. The molecule has 3 rings (SSSR count). The molecular weight excluding hydrogens is 375 g/mol. The van der Waals surface area contributed by atoms with Crippen LogP contribution in [0.2, 0.25) is 5.02 Å². The van der Waals surface area contributed by atoms with Gasteiger partial charge in [0.2, 0.25) is 5.95 Å². The third-order valence-electron chi connectivity index (χ3n) is 3.66. The van der Waals surface area contributed by atoms with Crippen molar-refractivity contribution in [1.82, 2.24) is 15.3 Å². The van der Waals surface area contributed by atoms with E-state index in [1.807, 2.05) is 0 Å². The molecule has 0 spiro atoms. The number of nitrogen functional groups attached to an aromatic ring is 1. The van der Waals surface area contributed by atoms with Crippen LogP contribution in [0.5, 0.6) is 11.5 Å². The summed E-state index contributed by atoms with van der Waals surface area (Å²) in [6.45, 7) is 2.21. The average molecular weight is 389 g/mol. The topological polar surface area (TPSA) is 110 Å². The maximum Gasteiger partial charge on any atom is 0.265 e. The molecule has 0 fully saturated rings. The van der Waals surface area contributed by atoms with Gasteiger partial charge in [0.1, 0.15) is 23.3 Å². The van der Waals surface area contributed by atoms with E-state index >= 15 is 0 Å². The van der Waals surface area contributed by atoms with Crippen LogP contribution in [0.25, 0.3) is 21.5 Å². The van der Waals surface area contributed by atoms with Crippen LogP contribution in [0.4, 0.5) is 5.95 Å². The lowest BCUT2D eigenvalue weighted by Crippen LogP contribution is -2.21. The number of benzene rings is 1. The summed E-state index contributed by atoms with van der Waals surface area (Å²) >= 11 is 7.34. The highest BCUT2D eigenvalue weighted by Gasteiger charge is 2.24. The number of fused-ring (bicyclic) bond motifs is 1. The predicted molar refractivity (Wildman–Crippen MR) is 104 cm³/mol. The van der Waals surface area contributed by atoms with Gasteiger partial charge in [-0.25, -0.2) is 9.97 Å². The summed E-state index contributed by atoms with van der Waals surface area (Å²) in [4.78, 5) is 21.0. The van der Waals surface area contributed by atoms with Crippen molar-refractivity contribution in [3.05, 3.63) is 22.0 Å². The minimum atomic E-state index is -0.404. The van der Waals surface area contributed by atoms with E-state index in [2.05, 4.69) is 15.3 Å². The zero-order chi connectivity index (χ0) is 19.0. The smallest absolute Gasteiger partial charge is 0.265 e. The fraction of sp³-hybridized carbons (Fsp3) is 0.188. The third kappa shape index (κ3) is 3.04. The van der Waals surface area contributed by atoms with Crippen LogP contribution in [0.1, 0.15) is 16.6 Å². The SMILES string of the molecule is [B]c1cc(Cl)c(-c2nc(N)nc3sc(C(=O)NCC)c(O)c23)cc1OC. The van der Waals surface area contributed by atoms with Crippen molar-refractivity contribution in [1.29, 1.82) is 0 Å². The van der Waals surface area contributed by atoms with Gasteiger partial charge in [0, 0.05) is 17.1 Å². The molecule has 2 radical (unpaired) electrons. The highest BCUT2D eigenvalue weighted by molar-refractivity contribution is 7.21. The summed E-state index contributed by atoms with van der Waals surface area (Å²) in [5.41, 5.74) is 6.91. The van der Waals surface area contributed by atoms with Crippen LogP contribution in [0.15, 0.2) is 12.1 Å². The number of nitrogens with one attached hydrogen (secondary N) is 1. The Hall–Kier alpha value is -2.52. The Bertz CT molecular complexity index is 1020. The van der Waals surface area contributed by atoms with Crippen molar-refractivity contribution >= 4 is 58.3 Å². The number of methoxy groups -OCH3 is 1. The maximum absolute atomic E-state index is 12.2. The molecule has 0 aliphatic carbocycles. The highest BCUT2D eigenvalue weighted by atomic mass is 35.5. The number of nitrogens with two attached hydrogens (primary N) is 1. The van der Waals surface area contributed by atoms with Gasteiger partial charge in [0.15, 0.2) is 5.75 Å². The summed E-state index contributed by atoms with van der Waals surface area (Å²) in [6.07, 6.45) is 0. The Morgan fingerprint density at radius 2 is 2.19 bits per heavy atom. The number of carbonyl (C=O) groups is 1. The normalized spacial score (nSPS) is 10.9. The number of aromatic hydroxyl groups is 1. The van der Waals surface area contributed by atoms with E-state index in [-0.39, 0.29) is 16.6 Å². The number of nitrogens with zero attached hydrogens (tertiary/aromatic N) is 2. The van der Waals surface area contributed by atoms with Gasteiger partial charge in [-0.3, -0.25) is 4.79 Å². The number of hydrogen-bond donors (Lipinski definition) is 3. The Morgan fingerprint density at radius 1 is 1.46 bits per heavy atom. The van der Waals surface area contributed by atoms with Crippen molar-refractivity contribution in [2.45, 2.75) is 6.92 Å². The fourth-order valence-electron chi connectivity index (χ4n) is 2.52. The van der Waals surface area contributed by atoms with Gasteiger partial charge < -0.3 is 20.9 Å². The number of anilines is 1. The molecule has 0 aliphatic rings. The molecule has 0 aliphatic heterocycles. The van der Waals surface area contributed by atoms with Crippen LogP contribution < -0.4 is 21.3 Å². The van der Waals surface area contributed by atoms with Crippen LogP contribution in [0.3, 0.4) is 0 Å². The number of carbonyl (C=O) groups excluding carboxylic acids is 1. The van der Waals surface area contributed by atoms with Crippen molar-refractivity contribution in [3.63, 3.8) is 0 Å². The second kappa shape index (κ2) is 7.01. The molecule has 4 N–H and O–H groups in total. The summed E-state index contributed by atoms with van der Waals surface area (Å²) < 4.78 is 5.23. The van der Waals surface area contributed by atoms with Crippen molar-refractivity contribution in [3.8, 4) is 22.8 Å². The van der Waals surface area contributed by atoms with Crippen molar-refractivity contribution in [2.24, 2.45) is 0 Å². The van der Waals surface area contributed by atoms with Gasteiger partial charge in [0.05, 0.1) is 18.2 Å². The Morgan fingerprint density at radius 3 is 2.85 bits per heavy atom. The second-order valence-corrected chi connectivity index (χ2v) is 6.73. The number of halogens is 1. The zero-order valence-electron chi connectivity index (χ0n) is 14.0. The average Bonchev–Trinajstić information content (AvgIpc) is 2.91. The molecule has 2 aromatic heterocycles. The molecule has 0 unspecified atom stereocenters. The summed E-state index contributed by atoms with van der Waals surface area (Å²) in [5, 5.41) is 13.9. The number of rotatable bonds is 4.